The Hall–Kier alpha value is -1.58. The fraction of sp³-hybridized carbons (Fsp3) is 0.176. The van der Waals surface area contributed by atoms with Gasteiger partial charge in [0.05, 0.1) is 12.3 Å². The van der Waals surface area contributed by atoms with E-state index in [1.165, 1.54) is 27.7 Å². The first-order valence-corrected chi connectivity index (χ1v) is 7.59. The van der Waals surface area contributed by atoms with Gasteiger partial charge in [-0.3, -0.25) is 0 Å². The van der Waals surface area contributed by atoms with Gasteiger partial charge in [-0.2, -0.15) is 0 Å². The summed E-state index contributed by atoms with van der Waals surface area (Å²) >= 11 is 3.48. The van der Waals surface area contributed by atoms with Gasteiger partial charge in [-0.15, -0.1) is 0 Å². The molecule has 2 heterocycles. The lowest BCUT2D eigenvalue weighted by atomic mass is 9.98. The summed E-state index contributed by atoms with van der Waals surface area (Å²) in [6, 6.07) is 16.9. The van der Waals surface area contributed by atoms with Crippen molar-refractivity contribution >= 4 is 26.8 Å². The second-order valence-electron chi connectivity index (χ2n) is 5.12. The molecule has 3 heteroatoms. The summed E-state index contributed by atoms with van der Waals surface area (Å²) in [4.78, 5) is 3.54. The second kappa shape index (κ2) is 4.76. The zero-order valence-electron chi connectivity index (χ0n) is 10.9. The Bertz CT molecular complexity index is 760. The number of hydrogen-bond acceptors (Lipinski definition) is 1. The number of hydrogen-bond donors (Lipinski definition) is 1. The Morgan fingerprint density at radius 1 is 1.05 bits per heavy atom. The molecule has 4 rings (SSSR count). The first kappa shape index (κ1) is 12.2. The number of aromatic nitrogens is 1. The molecular formula is C17H14BrNO. The van der Waals surface area contributed by atoms with Crippen molar-refractivity contribution in [2.45, 2.75) is 12.5 Å². The molecule has 0 saturated carbocycles. The molecule has 0 fully saturated rings. The van der Waals surface area contributed by atoms with Crippen molar-refractivity contribution in [1.29, 1.82) is 0 Å². The van der Waals surface area contributed by atoms with Crippen LogP contribution in [-0.2, 0) is 11.2 Å². The monoisotopic (exact) mass is 327 g/mol. The Morgan fingerprint density at radius 3 is 2.70 bits per heavy atom. The van der Waals surface area contributed by atoms with E-state index in [2.05, 4.69) is 69.4 Å². The van der Waals surface area contributed by atoms with E-state index in [1.807, 2.05) is 0 Å². The van der Waals surface area contributed by atoms with Crippen LogP contribution >= 0.6 is 15.9 Å². The maximum atomic E-state index is 6.01. The van der Waals surface area contributed by atoms with Gasteiger partial charge in [0.1, 0.15) is 6.10 Å². The van der Waals surface area contributed by atoms with Crippen molar-refractivity contribution in [2.75, 3.05) is 6.61 Å². The molecule has 1 aromatic heterocycles. The maximum Gasteiger partial charge on any atom is 0.123 e. The van der Waals surface area contributed by atoms with Crippen LogP contribution in [-0.4, -0.2) is 11.6 Å². The number of nitrogens with one attached hydrogen (secondary N) is 1. The van der Waals surface area contributed by atoms with E-state index in [4.69, 9.17) is 4.74 Å². The van der Waals surface area contributed by atoms with Gasteiger partial charge < -0.3 is 9.72 Å². The second-order valence-corrected chi connectivity index (χ2v) is 6.03. The maximum absolute atomic E-state index is 6.01. The molecule has 0 bridgehead atoms. The highest BCUT2D eigenvalue weighted by atomic mass is 79.9. The van der Waals surface area contributed by atoms with Crippen LogP contribution in [0.3, 0.4) is 0 Å². The molecule has 0 amide bonds. The number of benzene rings is 2. The molecule has 2 aromatic carbocycles. The summed E-state index contributed by atoms with van der Waals surface area (Å²) in [6.07, 6.45) is 0.992. The fourth-order valence-corrected chi connectivity index (χ4v) is 3.24. The average molecular weight is 328 g/mol. The SMILES string of the molecule is Brc1ccc([C@H]2OCCc3c2[nH]c2ccccc32)cc1. The third-order valence-electron chi connectivity index (χ3n) is 3.92. The molecular weight excluding hydrogens is 314 g/mol. The lowest BCUT2D eigenvalue weighted by molar-refractivity contribution is 0.0677. The van der Waals surface area contributed by atoms with Gasteiger partial charge in [0.15, 0.2) is 0 Å². The van der Waals surface area contributed by atoms with Gasteiger partial charge in [0.2, 0.25) is 0 Å². The molecule has 0 radical (unpaired) electrons. The third-order valence-corrected chi connectivity index (χ3v) is 4.45. The molecule has 0 spiro atoms. The van der Waals surface area contributed by atoms with Crippen LogP contribution in [0.1, 0.15) is 22.9 Å². The number of aromatic amines is 1. The molecule has 1 aliphatic rings. The number of fused-ring (bicyclic) bond motifs is 3. The summed E-state index contributed by atoms with van der Waals surface area (Å²) in [6.45, 7) is 0.773. The fourth-order valence-electron chi connectivity index (χ4n) is 2.98. The molecule has 0 unspecified atom stereocenters. The minimum absolute atomic E-state index is 0.0132. The Balaban J connectivity index is 1.87. The zero-order chi connectivity index (χ0) is 13.5. The highest BCUT2D eigenvalue weighted by Gasteiger charge is 2.26. The highest BCUT2D eigenvalue weighted by molar-refractivity contribution is 9.10. The van der Waals surface area contributed by atoms with Gasteiger partial charge in [-0.25, -0.2) is 0 Å². The van der Waals surface area contributed by atoms with Gasteiger partial charge in [-0.05, 0) is 35.7 Å². The molecule has 0 saturated heterocycles. The van der Waals surface area contributed by atoms with Crippen LogP contribution in [0, 0.1) is 0 Å². The lowest BCUT2D eigenvalue weighted by Crippen LogP contribution is -2.16. The van der Waals surface area contributed by atoms with Crippen LogP contribution in [0.5, 0.6) is 0 Å². The minimum atomic E-state index is 0.0132. The molecule has 1 atom stereocenters. The van der Waals surface area contributed by atoms with Crippen molar-refractivity contribution in [1.82, 2.24) is 4.98 Å². The van der Waals surface area contributed by atoms with E-state index in [9.17, 15) is 0 Å². The van der Waals surface area contributed by atoms with Crippen molar-refractivity contribution in [3.8, 4) is 0 Å². The first-order valence-electron chi connectivity index (χ1n) is 6.79. The largest absolute Gasteiger partial charge is 0.367 e. The van der Waals surface area contributed by atoms with E-state index >= 15 is 0 Å². The van der Waals surface area contributed by atoms with Gasteiger partial charge in [0, 0.05) is 15.4 Å². The van der Waals surface area contributed by atoms with Crippen molar-refractivity contribution in [3.05, 3.63) is 69.8 Å². The van der Waals surface area contributed by atoms with Crippen LogP contribution in [0.15, 0.2) is 53.0 Å². The number of para-hydroxylation sites is 1. The van der Waals surface area contributed by atoms with E-state index in [1.54, 1.807) is 0 Å². The van der Waals surface area contributed by atoms with E-state index in [0.717, 1.165) is 17.5 Å². The van der Waals surface area contributed by atoms with Crippen molar-refractivity contribution in [3.63, 3.8) is 0 Å². The van der Waals surface area contributed by atoms with E-state index in [-0.39, 0.29) is 6.10 Å². The van der Waals surface area contributed by atoms with E-state index in [0.29, 0.717) is 0 Å². The number of halogens is 1. The van der Waals surface area contributed by atoms with Crippen LogP contribution < -0.4 is 0 Å². The van der Waals surface area contributed by atoms with Crippen LogP contribution in [0.2, 0.25) is 0 Å². The minimum Gasteiger partial charge on any atom is -0.367 e. The zero-order valence-corrected chi connectivity index (χ0v) is 12.5. The Kier molecular flexibility index (Phi) is 2.90. The quantitative estimate of drug-likeness (QED) is 0.694. The molecule has 1 N–H and O–H groups in total. The number of ether oxygens (including phenoxy) is 1. The third kappa shape index (κ3) is 1.89. The Labute approximate surface area is 125 Å². The summed E-state index contributed by atoms with van der Waals surface area (Å²) in [5, 5.41) is 1.33. The molecule has 3 aromatic rings. The normalized spacial score (nSPS) is 18.1. The lowest BCUT2D eigenvalue weighted by Gasteiger charge is -2.24. The molecule has 0 aliphatic carbocycles. The van der Waals surface area contributed by atoms with Gasteiger partial charge in [0.25, 0.3) is 0 Å². The Morgan fingerprint density at radius 2 is 1.85 bits per heavy atom. The molecule has 100 valence electrons. The summed E-state index contributed by atoms with van der Waals surface area (Å²) < 4.78 is 7.10. The number of H-pyrrole nitrogens is 1. The van der Waals surface area contributed by atoms with Crippen molar-refractivity contribution in [2.24, 2.45) is 0 Å². The van der Waals surface area contributed by atoms with Gasteiger partial charge in [-0.1, -0.05) is 46.3 Å². The average Bonchev–Trinajstić information content (AvgIpc) is 2.87. The van der Waals surface area contributed by atoms with Gasteiger partial charge >= 0.3 is 0 Å². The standard InChI is InChI=1S/C17H14BrNO/c18-12-7-5-11(6-8-12)17-16-14(9-10-20-17)13-3-1-2-4-15(13)19-16/h1-8,17,19H,9-10H2/t17-/m1/s1. The predicted molar refractivity (Wildman–Crippen MR) is 83.9 cm³/mol. The molecule has 20 heavy (non-hydrogen) atoms. The summed E-state index contributed by atoms with van der Waals surface area (Å²) in [5.74, 6) is 0. The highest BCUT2D eigenvalue weighted by Crippen LogP contribution is 2.36. The summed E-state index contributed by atoms with van der Waals surface area (Å²) in [5.41, 5.74) is 5.00. The first-order chi connectivity index (χ1) is 9.83. The smallest absolute Gasteiger partial charge is 0.123 e. The van der Waals surface area contributed by atoms with E-state index < -0.39 is 0 Å². The van der Waals surface area contributed by atoms with Crippen molar-refractivity contribution < 1.29 is 4.74 Å². The summed E-state index contributed by atoms with van der Waals surface area (Å²) in [7, 11) is 0. The van der Waals surface area contributed by atoms with Crippen LogP contribution in [0.25, 0.3) is 10.9 Å². The molecule has 2 nitrogen and oxygen atoms in total. The topological polar surface area (TPSA) is 25.0 Å². The number of rotatable bonds is 1. The molecule has 1 aliphatic heterocycles. The predicted octanol–water partition coefficient (Wildman–Crippen LogP) is 4.59. The van der Waals surface area contributed by atoms with Crippen LogP contribution in [0.4, 0.5) is 0 Å².